The molecule has 0 unspecified atom stereocenters. The van der Waals surface area contributed by atoms with E-state index in [1.807, 2.05) is 58.0 Å². The number of carbonyl (C=O) groups is 2. The highest BCUT2D eigenvalue weighted by molar-refractivity contribution is 9.10. The first-order valence-corrected chi connectivity index (χ1v) is 18.1. The van der Waals surface area contributed by atoms with Gasteiger partial charge >= 0.3 is 0 Å². The molecule has 1 N–H and O–H groups in total. The van der Waals surface area contributed by atoms with E-state index in [1.54, 1.807) is 42.5 Å². The van der Waals surface area contributed by atoms with Crippen LogP contribution in [0.15, 0.2) is 100 Å². The van der Waals surface area contributed by atoms with Gasteiger partial charge in [-0.2, -0.15) is 0 Å². The number of rotatable bonds is 12. The summed E-state index contributed by atoms with van der Waals surface area (Å²) in [7, 11) is -2.84. The van der Waals surface area contributed by atoms with Crippen LogP contribution in [0.25, 0.3) is 0 Å². The van der Waals surface area contributed by atoms with Crippen LogP contribution in [0.3, 0.4) is 0 Å². The Hall–Kier alpha value is -3.57. The first kappa shape index (κ1) is 37.3. The number of benzene rings is 4. The lowest BCUT2D eigenvalue weighted by molar-refractivity contribution is -0.140. The molecule has 0 aliphatic heterocycles. The van der Waals surface area contributed by atoms with Gasteiger partial charge in [-0.15, -0.1) is 0 Å². The van der Waals surface area contributed by atoms with Gasteiger partial charge < -0.3 is 15.0 Å². The first-order chi connectivity index (χ1) is 22.6. The predicted octanol–water partition coefficient (Wildman–Crippen LogP) is 7.82. The lowest BCUT2D eigenvalue weighted by Crippen LogP contribution is -2.56. The topological polar surface area (TPSA) is 96.0 Å². The number of aryl methyl sites for hydroxylation is 1. The summed E-state index contributed by atoms with van der Waals surface area (Å²) in [4.78, 5) is 30.1. The number of anilines is 1. The molecule has 0 aromatic heterocycles. The van der Waals surface area contributed by atoms with E-state index in [4.69, 9.17) is 27.9 Å². The van der Waals surface area contributed by atoms with Gasteiger partial charge in [-0.3, -0.25) is 13.9 Å². The number of methoxy groups -OCH3 is 1. The van der Waals surface area contributed by atoms with Gasteiger partial charge in [0.2, 0.25) is 11.8 Å². The van der Waals surface area contributed by atoms with Crippen molar-refractivity contribution >= 4 is 66.7 Å². The largest absolute Gasteiger partial charge is 0.496 e. The van der Waals surface area contributed by atoms with E-state index >= 15 is 0 Å². The summed E-state index contributed by atoms with van der Waals surface area (Å²) in [5.41, 5.74) is 1.80. The van der Waals surface area contributed by atoms with Gasteiger partial charge in [-0.25, -0.2) is 8.42 Å². The van der Waals surface area contributed by atoms with Crippen molar-refractivity contribution < 1.29 is 22.7 Å². The van der Waals surface area contributed by atoms with Crippen molar-refractivity contribution in [3.8, 4) is 5.75 Å². The van der Waals surface area contributed by atoms with Crippen molar-refractivity contribution in [3.05, 3.63) is 122 Å². The van der Waals surface area contributed by atoms with E-state index in [0.29, 0.717) is 25.8 Å². The fourth-order valence-electron chi connectivity index (χ4n) is 5.04. The normalized spacial score (nSPS) is 12.2. The van der Waals surface area contributed by atoms with Crippen LogP contribution in [0.1, 0.15) is 37.5 Å². The Morgan fingerprint density at radius 3 is 2.10 bits per heavy atom. The molecule has 0 aliphatic rings. The number of hydrogen-bond acceptors (Lipinski definition) is 5. The molecular formula is C36H38BrCl2N3O5S. The Balaban J connectivity index is 1.86. The standard InChI is InChI=1S/C36H38BrCl2N3O5S/c1-24-14-16-26(17-15-24)42(48(45,46)27-18-19-33(47-5)29(37)21-27)23-34(43)41(22-28-30(38)12-9-13-31(28)39)32(35(44)40-36(2,3)4)20-25-10-7-6-8-11-25/h6-19,21,32H,20,22-23H2,1-5H3,(H,40,44)/t32-/m0/s1. The number of hydrogen-bond donors (Lipinski definition) is 1. The van der Waals surface area contributed by atoms with Gasteiger partial charge in [0.05, 0.1) is 22.2 Å². The second-order valence-corrected chi connectivity index (χ2v) is 15.8. The minimum atomic E-state index is -4.32. The second-order valence-electron chi connectivity index (χ2n) is 12.3. The molecule has 0 saturated heterocycles. The lowest BCUT2D eigenvalue weighted by Gasteiger charge is -2.35. The maximum Gasteiger partial charge on any atom is 0.264 e. The average molecular weight is 776 g/mol. The molecule has 48 heavy (non-hydrogen) atoms. The number of nitrogens with one attached hydrogen (secondary N) is 1. The van der Waals surface area contributed by atoms with Crippen LogP contribution in [0.5, 0.6) is 5.75 Å². The fraction of sp³-hybridized carbons (Fsp3) is 0.278. The predicted molar refractivity (Wildman–Crippen MR) is 195 cm³/mol. The van der Waals surface area contributed by atoms with Crippen LogP contribution in [-0.2, 0) is 32.6 Å². The zero-order chi connectivity index (χ0) is 35.2. The summed E-state index contributed by atoms with van der Waals surface area (Å²) in [6.45, 7) is 6.65. The van der Waals surface area contributed by atoms with Crippen LogP contribution in [0.4, 0.5) is 5.69 Å². The quantitative estimate of drug-likeness (QED) is 0.158. The maximum atomic E-state index is 14.7. The Kier molecular flexibility index (Phi) is 12.2. The van der Waals surface area contributed by atoms with Gasteiger partial charge in [0.1, 0.15) is 18.3 Å². The summed E-state index contributed by atoms with van der Waals surface area (Å²) >= 11 is 16.6. The van der Waals surface area contributed by atoms with E-state index < -0.39 is 40.0 Å². The van der Waals surface area contributed by atoms with Crippen LogP contribution in [0, 0.1) is 6.92 Å². The highest BCUT2D eigenvalue weighted by atomic mass is 79.9. The molecule has 8 nitrogen and oxygen atoms in total. The molecule has 0 bridgehead atoms. The molecular weight excluding hydrogens is 737 g/mol. The van der Waals surface area contributed by atoms with Crippen molar-refractivity contribution in [2.24, 2.45) is 0 Å². The number of halogens is 3. The van der Waals surface area contributed by atoms with Gasteiger partial charge in [-0.1, -0.05) is 77.3 Å². The van der Waals surface area contributed by atoms with Crippen LogP contribution < -0.4 is 14.4 Å². The molecule has 0 aliphatic carbocycles. The minimum absolute atomic E-state index is 0.0597. The molecule has 4 rings (SSSR count). The van der Waals surface area contributed by atoms with E-state index in [-0.39, 0.29) is 23.5 Å². The third kappa shape index (κ3) is 9.31. The Morgan fingerprint density at radius 1 is 0.917 bits per heavy atom. The summed E-state index contributed by atoms with van der Waals surface area (Å²) < 4.78 is 35.5. The molecule has 0 radical (unpaired) electrons. The van der Waals surface area contributed by atoms with Gasteiger partial charge in [0.25, 0.3) is 10.0 Å². The van der Waals surface area contributed by atoms with Gasteiger partial charge in [0, 0.05) is 34.1 Å². The summed E-state index contributed by atoms with van der Waals surface area (Å²) in [5.74, 6) is -0.595. The Morgan fingerprint density at radius 2 is 1.54 bits per heavy atom. The number of ether oxygens (including phenoxy) is 1. The highest BCUT2D eigenvalue weighted by Gasteiger charge is 2.36. The molecule has 0 spiro atoms. The van der Waals surface area contributed by atoms with Crippen molar-refractivity contribution in [3.63, 3.8) is 0 Å². The summed E-state index contributed by atoms with van der Waals surface area (Å²) in [6, 6.07) is 24.4. The lowest BCUT2D eigenvalue weighted by atomic mass is 10.0. The SMILES string of the molecule is COc1ccc(S(=O)(=O)N(CC(=O)N(Cc2c(Cl)cccc2Cl)[C@@H](Cc2ccccc2)C(=O)NC(C)(C)C)c2ccc(C)cc2)cc1Br. The van der Waals surface area contributed by atoms with E-state index in [0.717, 1.165) is 15.4 Å². The van der Waals surface area contributed by atoms with Crippen molar-refractivity contribution in [2.75, 3.05) is 18.0 Å². The van der Waals surface area contributed by atoms with Crippen molar-refractivity contribution in [2.45, 2.75) is 57.1 Å². The van der Waals surface area contributed by atoms with Crippen LogP contribution in [-0.4, -0.2) is 50.4 Å². The third-order valence-corrected chi connectivity index (χ3v) is 10.6. The molecule has 0 fully saturated rings. The maximum absolute atomic E-state index is 14.7. The second kappa shape index (κ2) is 15.8. The average Bonchev–Trinajstić information content (AvgIpc) is 3.02. The third-order valence-electron chi connectivity index (χ3n) is 7.47. The zero-order valence-electron chi connectivity index (χ0n) is 27.3. The molecule has 254 valence electrons. The summed E-state index contributed by atoms with van der Waals surface area (Å²) in [6.07, 6.45) is 0.152. The van der Waals surface area contributed by atoms with Gasteiger partial charge in [0.15, 0.2) is 0 Å². The van der Waals surface area contributed by atoms with Crippen LogP contribution in [0.2, 0.25) is 10.0 Å². The monoisotopic (exact) mass is 773 g/mol. The fourth-order valence-corrected chi connectivity index (χ4v) is 7.69. The number of nitrogens with zero attached hydrogens (tertiary/aromatic N) is 2. The first-order valence-electron chi connectivity index (χ1n) is 15.1. The molecule has 4 aromatic rings. The van der Waals surface area contributed by atoms with E-state index in [1.165, 1.54) is 30.2 Å². The number of carbonyl (C=O) groups excluding carboxylic acids is 2. The molecule has 1 atom stereocenters. The molecule has 0 heterocycles. The molecule has 4 aromatic carbocycles. The zero-order valence-corrected chi connectivity index (χ0v) is 31.3. The van der Waals surface area contributed by atoms with Crippen molar-refractivity contribution in [1.29, 1.82) is 0 Å². The number of amides is 2. The highest BCUT2D eigenvalue weighted by Crippen LogP contribution is 2.32. The molecule has 12 heteroatoms. The molecule has 0 saturated carbocycles. The Labute approximate surface area is 301 Å². The van der Waals surface area contributed by atoms with E-state index in [9.17, 15) is 18.0 Å². The van der Waals surface area contributed by atoms with Gasteiger partial charge in [-0.05, 0) is 91.7 Å². The van der Waals surface area contributed by atoms with Crippen LogP contribution >= 0.6 is 39.1 Å². The van der Waals surface area contributed by atoms with E-state index in [2.05, 4.69) is 21.2 Å². The van der Waals surface area contributed by atoms with Crippen molar-refractivity contribution in [1.82, 2.24) is 10.2 Å². The molecule has 2 amide bonds. The smallest absolute Gasteiger partial charge is 0.264 e. The minimum Gasteiger partial charge on any atom is -0.496 e. The Bertz CT molecular complexity index is 1850. The number of sulfonamides is 1. The summed E-state index contributed by atoms with van der Waals surface area (Å²) in [5, 5.41) is 3.62.